The first-order valence-electron chi connectivity index (χ1n) is 7.77. The van der Waals surface area contributed by atoms with E-state index < -0.39 is 5.97 Å². The van der Waals surface area contributed by atoms with Gasteiger partial charge in [-0.25, -0.2) is 0 Å². The van der Waals surface area contributed by atoms with Crippen molar-refractivity contribution in [2.45, 2.75) is 37.4 Å². The molecular weight excluding hydrogens is 310 g/mol. The Morgan fingerprint density at radius 2 is 2.09 bits per heavy atom. The highest BCUT2D eigenvalue weighted by molar-refractivity contribution is 7.98. The first-order valence-corrected chi connectivity index (χ1v) is 8.99. The standard InChI is InChI=1S/C17H21N3O2S/c1-23-16-5-2-13(3-6-16)11-19-8-9-20-15(12-19)10-14(18-20)4-7-17(21)22/h2-3,5-6,10H,4,7-9,11-12H2,1H3,(H,21,22). The van der Waals surface area contributed by atoms with Crippen molar-refractivity contribution in [2.75, 3.05) is 12.8 Å². The Hall–Kier alpha value is -1.79. The predicted molar refractivity (Wildman–Crippen MR) is 90.5 cm³/mol. The number of carboxylic acid groups (broad SMARTS) is 1. The van der Waals surface area contributed by atoms with E-state index in [4.69, 9.17) is 5.11 Å². The second-order valence-corrected chi connectivity index (χ2v) is 6.68. The lowest BCUT2D eigenvalue weighted by Crippen LogP contribution is -2.33. The van der Waals surface area contributed by atoms with Crippen LogP contribution in [-0.2, 0) is 30.8 Å². The second kappa shape index (κ2) is 7.19. The molecule has 0 radical (unpaired) electrons. The minimum atomic E-state index is -0.772. The summed E-state index contributed by atoms with van der Waals surface area (Å²) in [5, 5.41) is 13.3. The van der Waals surface area contributed by atoms with Gasteiger partial charge in [0, 0.05) is 31.0 Å². The van der Waals surface area contributed by atoms with Crippen LogP contribution in [0.25, 0.3) is 0 Å². The lowest BCUT2D eigenvalue weighted by molar-refractivity contribution is -0.136. The van der Waals surface area contributed by atoms with Crippen LogP contribution in [0.5, 0.6) is 0 Å². The van der Waals surface area contributed by atoms with Gasteiger partial charge >= 0.3 is 5.97 Å². The molecule has 1 aliphatic rings. The number of carbonyl (C=O) groups is 1. The van der Waals surface area contributed by atoms with E-state index in [2.05, 4.69) is 40.5 Å². The van der Waals surface area contributed by atoms with Crippen molar-refractivity contribution in [3.63, 3.8) is 0 Å². The Balaban J connectivity index is 1.61. The van der Waals surface area contributed by atoms with Gasteiger partial charge in [0.2, 0.25) is 0 Å². The third-order valence-corrected chi connectivity index (χ3v) is 4.83. The van der Waals surface area contributed by atoms with E-state index in [0.29, 0.717) is 6.42 Å². The van der Waals surface area contributed by atoms with Gasteiger partial charge in [0.25, 0.3) is 0 Å². The predicted octanol–water partition coefficient (Wildman–Crippen LogP) is 2.64. The van der Waals surface area contributed by atoms with Gasteiger partial charge in [0.05, 0.1) is 24.4 Å². The molecule has 2 aromatic rings. The van der Waals surface area contributed by atoms with E-state index >= 15 is 0 Å². The maximum absolute atomic E-state index is 10.7. The maximum Gasteiger partial charge on any atom is 0.303 e. The van der Waals surface area contributed by atoms with E-state index in [1.54, 1.807) is 11.8 Å². The van der Waals surface area contributed by atoms with E-state index in [1.807, 2.05) is 10.7 Å². The topological polar surface area (TPSA) is 58.4 Å². The molecule has 0 fully saturated rings. The van der Waals surface area contributed by atoms with Crippen molar-refractivity contribution in [3.8, 4) is 0 Å². The molecule has 0 bridgehead atoms. The molecule has 1 aromatic carbocycles. The van der Waals surface area contributed by atoms with Gasteiger partial charge in [-0.2, -0.15) is 5.10 Å². The van der Waals surface area contributed by atoms with E-state index in [1.165, 1.54) is 16.2 Å². The van der Waals surface area contributed by atoms with Crippen LogP contribution >= 0.6 is 11.8 Å². The molecule has 0 saturated carbocycles. The lowest BCUT2D eigenvalue weighted by Gasteiger charge is -2.27. The maximum atomic E-state index is 10.7. The number of thioether (sulfide) groups is 1. The smallest absolute Gasteiger partial charge is 0.303 e. The monoisotopic (exact) mass is 331 g/mol. The van der Waals surface area contributed by atoms with Crippen LogP contribution in [0.2, 0.25) is 0 Å². The number of aromatic nitrogens is 2. The van der Waals surface area contributed by atoms with E-state index in [-0.39, 0.29) is 6.42 Å². The fourth-order valence-corrected chi connectivity index (χ4v) is 3.27. The molecule has 122 valence electrons. The minimum Gasteiger partial charge on any atom is -0.481 e. The van der Waals surface area contributed by atoms with Crippen LogP contribution in [0.3, 0.4) is 0 Å². The van der Waals surface area contributed by atoms with Crippen LogP contribution < -0.4 is 0 Å². The fraction of sp³-hybridized carbons (Fsp3) is 0.412. The Morgan fingerprint density at radius 3 is 2.78 bits per heavy atom. The zero-order valence-corrected chi connectivity index (χ0v) is 14.1. The summed E-state index contributed by atoms with van der Waals surface area (Å²) in [6.45, 7) is 3.64. The van der Waals surface area contributed by atoms with Crippen LogP contribution in [0.15, 0.2) is 35.2 Å². The summed E-state index contributed by atoms with van der Waals surface area (Å²) < 4.78 is 2.02. The Kier molecular flexibility index (Phi) is 5.03. The fourth-order valence-electron chi connectivity index (χ4n) is 2.86. The molecule has 5 nitrogen and oxygen atoms in total. The van der Waals surface area contributed by atoms with Gasteiger partial charge in [0.1, 0.15) is 0 Å². The normalized spacial score (nSPS) is 14.7. The molecule has 0 aliphatic carbocycles. The number of aliphatic carboxylic acids is 1. The minimum absolute atomic E-state index is 0.141. The number of benzene rings is 1. The highest BCUT2D eigenvalue weighted by Crippen LogP contribution is 2.19. The van der Waals surface area contributed by atoms with E-state index in [9.17, 15) is 4.79 Å². The van der Waals surface area contributed by atoms with Crippen LogP contribution in [0.4, 0.5) is 0 Å². The molecular formula is C17H21N3O2S. The molecule has 0 saturated heterocycles. The van der Waals surface area contributed by atoms with Crippen molar-refractivity contribution in [2.24, 2.45) is 0 Å². The average molecular weight is 331 g/mol. The van der Waals surface area contributed by atoms with Crippen molar-refractivity contribution < 1.29 is 9.90 Å². The molecule has 1 N–H and O–H groups in total. The SMILES string of the molecule is CSc1ccc(CN2CCn3nc(CCC(=O)O)cc3C2)cc1. The second-order valence-electron chi connectivity index (χ2n) is 5.80. The van der Waals surface area contributed by atoms with Gasteiger partial charge in [0.15, 0.2) is 0 Å². The molecule has 0 atom stereocenters. The zero-order chi connectivity index (χ0) is 16.2. The van der Waals surface area contributed by atoms with Gasteiger partial charge in [-0.15, -0.1) is 11.8 Å². The number of hydrogen-bond acceptors (Lipinski definition) is 4. The quantitative estimate of drug-likeness (QED) is 0.825. The summed E-state index contributed by atoms with van der Waals surface area (Å²) in [5.74, 6) is -0.772. The van der Waals surface area contributed by atoms with Crippen LogP contribution in [-0.4, -0.2) is 38.6 Å². The summed E-state index contributed by atoms with van der Waals surface area (Å²) in [6, 6.07) is 10.8. The third kappa shape index (κ3) is 4.14. The van der Waals surface area contributed by atoms with Gasteiger partial charge in [-0.05, 0) is 30.0 Å². The third-order valence-electron chi connectivity index (χ3n) is 4.09. The van der Waals surface area contributed by atoms with Gasteiger partial charge in [-0.3, -0.25) is 14.4 Å². The van der Waals surface area contributed by atoms with E-state index in [0.717, 1.165) is 31.9 Å². The summed E-state index contributed by atoms with van der Waals surface area (Å²) in [4.78, 5) is 14.4. The van der Waals surface area contributed by atoms with Crippen LogP contribution in [0, 0.1) is 0 Å². The molecule has 2 heterocycles. The number of hydrogen-bond donors (Lipinski definition) is 1. The average Bonchev–Trinajstić information content (AvgIpc) is 2.96. The van der Waals surface area contributed by atoms with Crippen molar-refractivity contribution in [3.05, 3.63) is 47.3 Å². The zero-order valence-electron chi connectivity index (χ0n) is 13.2. The molecule has 1 aliphatic heterocycles. The molecule has 23 heavy (non-hydrogen) atoms. The number of fused-ring (bicyclic) bond motifs is 1. The first kappa shape index (κ1) is 16.1. The summed E-state index contributed by atoms with van der Waals surface area (Å²) in [5.41, 5.74) is 3.38. The summed E-state index contributed by atoms with van der Waals surface area (Å²) in [7, 11) is 0. The van der Waals surface area contributed by atoms with Crippen molar-refractivity contribution in [1.29, 1.82) is 0 Å². The molecule has 0 amide bonds. The van der Waals surface area contributed by atoms with Gasteiger partial charge in [-0.1, -0.05) is 12.1 Å². The molecule has 1 aromatic heterocycles. The highest BCUT2D eigenvalue weighted by Gasteiger charge is 2.18. The van der Waals surface area contributed by atoms with Crippen LogP contribution in [0.1, 0.15) is 23.4 Å². The number of aryl methyl sites for hydroxylation is 1. The molecule has 3 rings (SSSR count). The largest absolute Gasteiger partial charge is 0.481 e. The van der Waals surface area contributed by atoms with Gasteiger partial charge < -0.3 is 5.11 Å². The number of nitrogens with zero attached hydrogens (tertiary/aromatic N) is 3. The Morgan fingerprint density at radius 1 is 1.30 bits per heavy atom. The van der Waals surface area contributed by atoms with Crippen molar-refractivity contribution >= 4 is 17.7 Å². The Bertz CT molecular complexity index is 682. The number of carboxylic acids is 1. The lowest BCUT2D eigenvalue weighted by atomic mass is 10.2. The summed E-state index contributed by atoms with van der Waals surface area (Å²) in [6.07, 6.45) is 2.73. The van der Waals surface area contributed by atoms with Crippen molar-refractivity contribution in [1.82, 2.24) is 14.7 Å². The molecule has 0 spiro atoms. The molecule has 0 unspecified atom stereocenters. The molecule has 6 heteroatoms. The number of rotatable bonds is 6. The first-order chi connectivity index (χ1) is 11.1. The summed E-state index contributed by atoms with van der Waals surface area (Å²) >= 11 is 1.76. The Labute approximate surface area is 140 Å². The highest BCUT2D eigenvalue weighted by atomic mass is 32.2.